The van der Waals surface area contributed by atoms with E-state index in [1.807, 2.05) is 24.3 Å². The Bertz CT molecular complexity index is 1030. The van der Waals surface area contributed by atoms with E-state index in [-0.39, 0.29) is 25.2 Å². The van der Waals surface area contributed by atoms with Crippen LogP contribution in [-0.4, -0.2) is 30.9 Å². The van der Waals surface area contributed by atoms with Gasteiger partial charge in [-0.3, -0.25) is 4.79 Å². The van der Waals surface area contributed by atoms with E-state index in [0.717, 1.165) is 36.9 Å². The van der Waals surface area contributed by atoms with Crippen LogP contribution in [0.15, 0.2) is 66.7 Å². The highest BCUT2D eigenvalue weighted by molar-refractivity contribution is 5.94. The molecule has 1 atom stereocenters. The Kier molecular flexibility index (Phi) is 7.24. The first kappa shape index (κ1) is 22.7. The molecule has 1 unspecified atom stereocenters. The lowest BCUT2D eigenvalue weighted by atomic mass is 9.87. The number of carbonyl (C=O) groups excluding carboxylic acids is 1. The lowest BCUT2D eigenvalue weighted by Gasteiger charge is -2.26. The quantitative estimate of drug-likeness (QED) is 0.595. The van der Waals surface area contributed by atoms with E-state index in [0.29, 0.717) is 5.56 Å². The van der Waals surface area contributed by atoms with Crippen molar-refractivity contribution in [2.45, 2.75) is 39.3 Å². The van der Waals surface area contributed by atoms with E-state index in [4.69, 9.17) is 0 Å². The predicted octanol–water partition coefficient (Wildman–Crippen LogP) is 5.48. The van der Waals surface area contributed by atoms with Crippen LogP contribution in [0.3, 0.4) is 0 Å². The van der Waals surface area contributed by atoms with Crippen molar-refractivity contribution < 1.29 is 9.18 Å². The van der Waals surface area contributed by atoms with Gasteiger partial charge < -0.3 is 10.2 Å². The fourth-order valence-corrected chi connectivity index (χ4v) is 4.12. The number of fused-ring (bicyclic) bond motifs is 1. The minimum absolute atomic E-state index is 0. The van der Waals surface area contributed by atoms with Crippen molar-refractivity contribution in [1.82, 2.24) is 10.2 Å². The van der Waals surface area contributed by atoms with Crippen LogP contribution in [0.4, 0.5) is 4.39 Å². The van der Waals surface area contributed by atoms with E-state index in [1.165, 1.54) is 28.8 Å². The minimum Gasteiger partial charge on any atom is -0.349 e. The molecule has 0 bridgehead atoms. The van der Waals surface area contributed by atoms with Gasteiger partial charge in [0.05, 0.1) is 0 Å². The zero-order valence-corrected chi connectivity index (χ0v) is 17.5. The first-order chi connectivity index (χ1) is 14.5. The van der Waals surface area contributed by atoms with Gasteiger partial charge in [0.1, 0.15) is 5.82 Å². The third-order valence-corrected chi connectivity index (χ3v) is 5.66. The Morgan fingerprint density at radius 1 is 0.968 bits per heavy atom. The number of hydrogen-bond acceptors (Lipinski definition) is 2. The Morgan fingerprint density at radius 3 is 2.26 bits per heavy atom. The van der Waals surface area contributed by atoms with Crippen molar-refractivity contribution in [2.24, 2.45) is 0 Å². The monoisotopic (exact) mass is 418 g/mol. The number of halogens is 1. The van der Waals surface area contributed by atoms with Gasteiger partial charge >= 0.3 is 0 Å². The molecule has 0 fully saturated rings. The summed E-state index contributed by atoms with van der Waals surface area (Å²) in [7, 11) is 4.16. The summed E-state index contributed by atoms with van der Waals surface area (Å²) >= 11 is 0. The summed E-state index contributed by atoms with van der Waals surface area (Å²) in [4.78, 5) is 14.9. The van der Waals surface area contributed by atoms with Gasteiger partial charge in [-0.1, -0.05) is 49.9 Å². The highest BCUT2D eigenvalue weighted by Crippen LogP contribution is 2.24. The van der Waals surface area contributed by atoms with E-state index in [2.05, 4.69) is 42.5 Å². The van der Waals surface area contributed by atoms with Crippen molar-refractivity contribution in [3.63, 3.8) is 0 Å². The van der Waals surface area contributed by atoms with Crippen LogP contribution >= 0.6 is 0 Å². The Hall–Kier alpha value is -2.98. The first-order valence-electron chi connectivity index (χ1n) is 10.4. The molecule has 0 aliphatic heterocycles. The van der Waals surface area contributed by atoms with Gasteiger partial charge in [-0.25, -0.2) is 4.39 Å². The fraction of sp³-hybridized carbons (Fsp3) is 0.296. The maximum Gasteiger partial charge on any atom is 0.251 e. The standard InChI is InChI=1S/C26H27FN2O.CH4/c1-29(2)17-18-3-4-23-16-25(14-11-22(23)15-18)28-26(30)21-7-5-19(6-8-21)20-9-12-24(27)13-10-20;/h3-10,12-13,15,25H,11,14,16-17H2,1-2H3,(H,28,30);1H4. The van der Waals surface area contributed by atoms with Gasteiger partial charge in [-0.2, -0.15) is 0 Å². The third-order valence-electron chi connectivity index (χ3n) is 5.66. The maximum atomic E-state index is 13.1. The Labute approximate surface area is 184 Å². The summed E-state index contributed by atoms with van der Waals surface area (Å²) < 4.78 is 13.1. The normalized spacial score (nSPS) is 15.2. The second-order valence-corrected chi connectivity index (χ2v) is 8.34. The van der Waals surface area contributed by atoms with Crippen LogP contribution in [0, 0.1) is 5.82 Å². The topological polar surface area (TPSA) is 32.3 Å². The van der Waals surface area contributed by atoms with Gasteiger partial charge in [-0.15, -0.1) is 0 Å². The second kappa shape index (κ2) is 9.88. The molecule has 1 aliphatic carbocycles. The molecule has 0 spiro atoms. The van der Waals surface area contributed by atoms with Crippen LogP contribution in [0.5, 0.6) is 0 Å². The molecule has 0 heterocycles. The molecular weight excluding hydrogens is 387 g/mol. The average molecular weight is 419 g/mol. The van der Waals surface area contributed by atoms with E-state index in [1.54, 1.807) is 12.1 Å². The molecule has 1 N–H and O–H groups in total. The van der Waals surface area contributed by atoms with Crippen molar-refractivity contribution in [3.05, 3.63) is 94.8 Å². The lowest BCUT2D eigenvalue weighted by Crippen LogP contribution is -2.38. The third kappa shape index (κ3) is 5.59. The van der Waals surface area contributed by atoms with Crippen LogP contribution in [0.2, 0.25) is 0 Å². The highest BCUT2D eigenvalue weighted by atomic mass is 19.1. The van der Waals surface area contributed by atoms with Crippen molar-refractivity contribution in [3.8, 4) is 11.1 Å². The van der Waals surface area contributed by atoms with E-state index in [9.17, 15) is 9.18 Å². The predicted molar refractivity (Wildman–Crippen MR) is 126 cm³/mol. The Balaban J connectivity index is 0.00000272. The molecular formula is C27H31FN2O. The lowest BCUT2D eigenvalue weighted by molar-refractivity contribution is 0.0933. The fourth-order valence-electron chi connectivity index (χ4n) is 4.12. The first-order valence-corrected chi connectivity index (χ1v) is 10.4. The van der Waals surface area contributed by atoms with Gasteiger partial charge in [0.15, 0.2) is 0 Å². The molecule has 0 aromatic heterocycles. The highest BCUT2D eigenvalue weighted by Gasteiger charge is 2.21. The number of rotatable bonds is 5. The largest absolute Gasteiger partial charge is 0.349 e. The SMILES string of the molecule is C.CN(C)Cc1ccc2c(c1)CCC(NC(=O)c1ccc(-c3ccc(F)cc3)cc1)C2. The Morgan fingerprint density at radius 2 is 1.61 bits per heavy atom. The summed E-state index contributed by atoms with van der Waals surface area (Å²) in [6, 6.07) is 20.7. The van der Waals surface area contributed by atoms with Crippen molar-refractivity contribution in [1.29, 1.82) is 0 Å². The molecule has 4 heteroatoms. The number of benzene rings is 3. The molecule has 3 aromatic carbocycles. The number of nitrogens with zero attached hydrogens (tertiary/aromatic N) is 1. The van der Waals surface area contributed by atoms with Gasteiger partial charge in [0, 0.05) is 18.2 Å². The molecule has 0 saturated heterocycles. The average Bonchev–Trinajstić information content (AvgIpc) is 2.74. The summed E-state index contributed by atoms with van der Waals surface area (Å²) in [6.07, 6.45) is 2.82. The molecule has 1 amide bonds. The van der Waals surface area contributed by atoms with Gasteiger partial charge in [0.2, 0.25) is 0 Å². The van der Waals surface area contributed by atoms with Crippen LogP contribution in [0.1, 0.15) is 40.9 Å². The van der Waals surface area contributed by atoms with Crippen LogP contribution in [-0.2, 0) is 19.4 Å². The number of carbonyl (C=O) groups is 1. The summed E-state index contributed by atoms with van der Waals surface area (Å²) in [6.45, 7) is 0.946. The molecule has 162 valence electrons. The van der Waals surface area contributed by atoms with Crippen LogP contribution < -0.4 is 5.32 Å². The number of nitrogens with one attached hydrogen (secondary N) is 1. The zero-order chi connectivity index (χ0) is 21.1. The summed E-state index contributed by atoms with van der Waals surface area (Å²) in [5.74, 6) is -0.295. The number of hydrogen-bond donors (Lipinski definition) is 1. The molecule has 0 radical (unpaired) electrons. The van der Waals surface area contributed by atoms with Gasteiger partial charge in [-0.05, 0) is 85.4 Å². The van der Waals surface area contributed by atoms with Crippen molar-refractivity contribution >= 4 is 5.91 Å². The summed E-state index contributed by atoms with van der Waals surface area (Å²) in [5, 5.41) is 3.19. The zero-order valence-electron chi connectivity index (χ0n) is 17.5. The van der Waals surface area contributed by atoms with E-state index >= 15 is 0 Å². The second-order valence-electron chi connectivity index (χ2n) is 8.34. The van der Waals surface area contributed by atoms with Gasteiger partial charge in [0.25, 0.3) is 5.91 Å². The van der Waals surface area contributed by atoms with E-state index < -0.39 is 0 Å². The van der Waals surface area contributed by atoms with Crippen LogP contribution in [0.25, 0.3) is 11.1 Å². The molecule has 1 aliphatic rings. The summed E-state index contributed by atoms with van der Waals surface area (Å²) in [5.41, 5.74) is 6.62. The minimum atomic E-state index is -0.252. The smallest absolute Gasteiger partial charge is 0.251 e. The molecule has 0 saturated carbocycles. The molecule has 4 rings (SSSR count). The molecule has 3 aromatic rings. The molecule has 3 nitrogen and oxygen atoms in total. The number of amides is 1. The molecule has 31 heavy (non-hydrogen) atoms. The maximum absolute atomic E-state index is 13.1. The van der Waals surface area contributed by atoms with Crippen molar-refractivity contribution in [2.75, 3.05) is 14.1 Å². The number of aryl methyl sites for hydroxylation is 1.